The summed E-state index contributed by atoms with van der Waals surface area (Å²) in [7, 11) is 0. The van der Waals surface area contributed by atoms with Gasteiger partial charge in [-0.1, -0.05) is 24.3 Å². The first-order valence-corrected chi connectivity index (χ1v) is 5.74. The van der Waals surface area contributed by atoms with Gasteiger partial charge >= 0.3 is 0 Å². The smallest absolute Gasteiger partial charge is 0.275 e. The Morgan fingerprint density at radius 2 is 2.26 bits per heavy atom. The van der Waals surface area contributed by atoms with Crippen LogP contribution in [0.15, 0.2) is 48.9 Å². The molecule has 0 saturated carbocycles. The highest BCUT2D eigenvalue weighted by molar-refractivity contribution is 6.02. The van der Waals surface area contributed by atoms with E-state index in [9.17, 15) is 4.79 Å². The van der Waals surface area contributed by atoms with Crippen molar-refractivity contribution in [3.8, 4) is 0 Å². The molecule has 2 rings (SSSR count). The Morgan fingerprint density at radius 3 is 3.00 bits per heavy atom. The molecule has 1 amide bonds. The summed E-state index contributed by atoms with van der Waals surface area (Å²) in [5.41, 5.74) is 1.82. The molecule has 1 aromatic heterocycles. The van der Waals surface area contributed by atoms with Gasteiger partial charge in [-0.3, -0.25) is 9.78 Å². The van der Waals surface area contributed by atoms with Crippen molar-refractivity contribution in [3.63, 3.8) is 0 Å². The van der Waals surface area contributed by atoms with E-state index in [4.69, 9.17) is 5.11 Å². The molecule has 0 unspecified atom stereocenters. The first kappa shape index (κ1) is 12.9. The van der Waals surface area contributed by atoms with Crippen molar-refractivity contribution >= 4 is 17.7 Å². The number of anilines is 1. The van der Waals surface area contributed by atoms with Gasteiger partial charge in [0.2, 0.25) is 0 Å². The molecule has 0 atom stereocenters. The van der Waals surface area contributed by atoms with E-state index in [1.807, 2.05) is 12.1 Å². The minimum absolute atomic E-state index is 0.0177. The average molecular weight is 255 g/mol. The number of hydrogen-bond donors (Lipinski definition) is 2. The van der Waals surface area contributed by atoms with Crippen molar-refractivity contribution in [2.45, 2.75) is 0 Å². The van der Waals surface area contributed by atoms with Gasteiger partial charge in [-0.25, -0.2) is 4.98 Å². The Bertz CT molecular complexity index is 582. The predicted octanol–water partition coefficient (Wildman–Crippen LogP) is 1.73. The highest BCUT2D eigenvalue weighted by Crippen LogP contribution is 2.12. The number of benzene rings is 1. The summed E-state index contributed by atoms with van der Waals surface area (Å²) in [6.45, 7) is -0.0177. The third-order valence-electron chi connectivity index (χ3n) is 2.36. The molecular weight excluding hydrogens is 242 g/mol. The zero-order chi connectivity index (χ0) is 13.5. The van der Waals surface area contributed by atoms with Crippen molar-refractivity contribution in [2.24, 2.45) is 0 Å². The van der Waals surface area contributed by atoms with E-state index < -0.39 is 0 Å². The van der Waals surface area contributed by atoms with Crippen molar-refractivity contribution in [1.29, 1.82) is 0 Å². The molecule has 0 aliphatic rings. The van der Waals surface area contributed by atoms with Crippen LogP contribution in [0.5, 0.6) is 0 Å². The molecule has 0 bridgehead atoms. The highest BCUT2D eigenvalue weighted by atomic mass is 16.2. The Kier molecular flexibility index (Phi) is 4.36. The largest absolute Gasteiger partial charge is 0.392 e. The monoisotopic (exact) mass is 255 g/mol. The Hall–Kier alpha value is -2.53. The zero-order valence-electron chi connectivity index (χ0n) is 10.2. The lowest BCUT2D eigenvalue weighted by Gasteiger charge is -2.05. The summed E-state index contributed by atoms with van der Waals surface area (Å²) >= 11 is 0. The van der Waals surface area contributed by atoms with Gasteiger partial charge < -0.3 is 10.4 Å². The third-order valence-corrected chi connectivity index (χ3v) is 2.36. The van der Waals surface area contributed by atoms with Crippen molar-refractivity contribution < 1.29 is 9.90 Å². The van der Waals surface area contributed by atoms with Gasteiger partial charge in [0.1, 0.15) is 5.69 Å². The number of nitrogens with one attached hydrogen (secondary N) is 1. The molecule has 0 saturated heterocycles. The quantitative estimate of drug-likeness (QED) is 0.872. The lowest BCUT2D eigenvalue weighted by Crippen LogP contribution is -2.13. The number of hydrogen-bond acceptors (Lipinski definition) is 4. The lowest BCUT2D eigenvalue weighted by atomic mass is 10.2. The maximum Gasteiger partial charge on any atom is 0.275 e. The summed E-state index contributed by atoms with van der Waals surface area (Å²) in [4.78, 5) is 19.6. The molecule has 5 heteroatoms. The van der Waals surface area contributed by atoms with Crippen LogP contribution in [-0.4, -0.2) is 27.6 Å². The molecule has 1 heterocycles. The molecule has 0 fully saturated rings. The third kappa shape index (κ3) is 3.72. The van der Waals surface area contributed by atoms with E-state index in [1.54, 1.807) is 24.3 Å². The van der Waals surface area contributed by atoms with Gasteiger partial charge in [0.05, 0.1) is 12.8 Å². The van der Waals surface area contributed by atoms with E-state index in [2.05, 4.69) is 15.3 Å². The van der Waals surface area contributed by atoms with Crippen LogP contribution in [0.2, 0.25) is 0 Å². The van der Waals surface area contributed by atoms with Gasteiger partial charge in [0.25, 0.3) is 5.91 Å². The summed E-state index contributed by atoms with van der Waals surface area (Å²) in [6, 6.07) is 7.29. The summed E-state index contributed by atoms with van der Waals surface area (Å²) in [6.07, 6.45) is 7.79. The SMILES string of the molecule is O=C(Nc1cccc(/C=C/CO)c1)c1cnccn1. The standard InChI is InChI=1S/C14H13N3O2/c18-8-2-4-11-3-1-5-12(9-11)17-14(19)13-10-15-6-7-16-13/h1-7,9-10,18H,8H2,(H,17,19)/b4-2+. The number of rotatable bonds is 4. The van der Waals surface area contributed by atoms with Crippen LogP contribution in [0.25, 0.3) is 6.08 Å². The molecule has 2 N–H and O–H groups in total. The van der Waals surface area contributed by atoms with E-state index in [1.165, 1.54) is 18.6 Å². The molecule has 0 radical (unpaired) electrons. The highest BCUT2D eigenvalue weighted by Gasteiger charge is 2.06. The normalized spacial score (nSPS) is 10.6. The van der Waals surface area contributed by atoms with Crippen molar-refractivity contribution in [2.75, 3.05) is 11.9 Å². The number of aromatic nitrogens is 2. The van der Waals surface area contributed by atoms with Crippen LogP contribution >= 0.6 is 0 Å². The Morgan fingerprint density at radius 1 is 1.37 bits per heavy atom. The van der Waals surface area contributed by atoms with E-state index >= 15 is 0 Å². The maximum atomic E-state index is 11.9. The second-order valence-corrected chi connectivity index (χ2v) is 3.76. The number of amides is 1. The fraction of sp³-hybridized carbons (Fsp3) is 0.0714. The fourth-order valence-corrected chi connectivity index (χ4v) is 1.52. The first-order valence-electron chi connectivity index (χ1n) is 5.74. The number of aliphatic hydroxyl groups excluding tert-OH is 1. The minimum atomic E-state index is -0.309. The molecule has 96 valence electrons. The zero-order valence-corrected chi connectivity index (χ0v) is 10.2. The number of carbonyl (C=O) groups is 1. The number of nitrogens with zero attached hydrogens (tertiary/aromatic N) is 2. The predicted molar refractivity (Wildman–Crippen MR) is 72.5 cm³/mol. The summed E-state index contributed by atoms with van der Waals surface area (Å²) in [5, 5.41) is 11.5. The van der Waals surface area contributed by atoms with Gasteiger partial charge in [-0.05, 0) is 17.7 Å². The molecule has 2 aromatic rings. The van der Waals surface area contributed by atoms with E-state index in [-0.39, 0.29) is 18.2 Å². The van der Waals surface area contributed by atoms with Crippen molar-refractivity contribution in [3.05, 3.63) is 60.2 Å². The number of carbonyl (C=O) groups excluding carboxylic acids is 1. The van der Waals surface area contributed by atoms with Crippen LogP contribution in [0.4, 0.5) is 5.69 Å². The molecule has 1 aromatic carbocycles. The molecule has 19 heavy (non-hydrogen) atoms. The number of aliphatic hydroxyl groups is 1. The second-order valence-electron chi connectivity index (χ2n) is 3.76. The fourth-order valence-electron chi connectivity index (χ4n) is 1.52. The van der Waals surface area contributed by atoms with Crippen LogP contribution in [-0.2, 0) is 0 Å². The lowest BCUT2D eigenvalue weighted by molar-refractivity contribution is 0.102. The first-order chi connectivity index (χ1) is 9.29. The van der Waals surface area contributed by atoms with Gasteiger partial charge in [0, 0.05) is 18.1 Å². The summed E-state index contributed by atoms with van der Waals surface area (Å²) in [5.74, 6) is -0.309. The molecule has 0 aliphatic heterocycles. The van der Waals surface area contributed by atoms with Crippen molar-refractivity contribution in [1.82, 2.24) is 9.97 Å². The van der Waals surface area contributed by atoms with Crippen LogP contribution in [0.1, 0.15) is 16.1 Å². The molecule has 0 aliphatic carbocycles. The average Bonchev–Trinajstić information content (AvgIpc) is 2.46. The molecule has 5 nitrogen and oxygen atoms in total. The van der Waals surface area contributed by atoms with E-state index in [0.29, 0.717) is 5.69 Å². The van der Waals surface area contributed by atoms with Gasteiger partial charge in [-0.2, -0.15) is 0 Å². The van der Waals surface area contributed by atoms with Crippen LogP contribution in [0.3, 0.4) is 0 Å². The van der Waals surface area contributed by atoms with Crippen LogP contribution in [0, 0.1) is 0 Å². The van der Waals surface area contributed by atoms with Crippen LogP contribution < -0.4 is 5.32 Å². The topological polar surface area (TPSA) is 75.1 Å². The minimum Gasteiger partial charge on any atom is -0.392 e. The summed E-state index contributed by atoms with van der Waals surface area (Å²) < 4.78 is 0. The van der Waals surface area contributed by atoms with Gasteiger partial charge in [-0.15, -0.1) is 0 Å². The molecular formula is C14H13N3O2. The molecule has 0 spiro atoms. The Labute approximate surface area is 110 Å². The second kappa shape index (κ2) is 6.42. The Balaban J connectivity index is 2.11. The maximum absolute atomic E-state index is 11.9. The van der Waals surface area contributed by atoms with E-state index in [0.717, 1.165) is 5.56 Å². The van der Waals surface area contributed by atoms with Gasteiger partial charge in [0.15, 0.2) is 0 Å².